The van der Waals surface area contributed by atoms with Gasteiger partial charge in [0.25, 0.3) is 0 Å². The molecule has 0 radical (unpaired) electrons. The van der Waals surface area contributed by atoms with Crippen LogP contribution >= 0.6 is 15.9 Å². The molecule has 0 spiro atoms. The highest BCUT2D eigenvalue weighted by atomic mass is 79.9. The van der Waals surface area contributed by atoms with Crippen LogP contribution in [0.2, 0.25) is 18.1 Å². The van der Waals surface area contributed by atoms with Crippen molar-refractivity contribution in [3.8, 4) is 0 Å². The molecule has 24 heavy (non-hydrogen) atoms. The molecule has 2 aliphatic rings. The highest BCUT2D eigenvalue weighted by Crippen LogP contribution is 2.48. The maximum Gasteiger partial charge on any atom is 0.223 e. The first-order chi connectivity index (χ1) is 11.1. The number of nitrogens with zero attached hydrogens (tertiary/aromatic N) is 1. The Balaban J connectivity index is 1.71. The van der Waals surface area contributed by atoms with Gasteiger partial charge in [-0.3, -0.25) is 4.79 Å². The van der Waals surface area contributed by atoms with Gasteiger partial charge in [-0.15, -0.1) is 0 Å². The Labute approximate surface area is 155 Å². The summed E-state index contributed by atoms with van der Waals surface area (Å²) in [5.41, 5.74) is 2.71. The zero-order valence-electron chi connectivity index (χ0n) is 15.4. The van der Waals surface area contributed by atoms with Crippen LogP contribution in [0.3, 0.4) is 0 Å². The predicted molar refractivity (Wildman–Crippen MR) is 104 cm³/mol. The minimum absolute atomic E-state index is 0.204. The molecule has 1 aliphatic carbocycles. The van der Waals surface area contributed by atoms with Crippen molar-refractivity contribution >= 4 is 30.2 Å². The SMILES string of the molecule is CC(C)(C)[Si](C)(C)OCCN1C(=O)CC2Cc3c(Br)cccc3C21. The Hall–Kier alpha value is -0.653. The summed E-state index contributed by atoms with van der Waals surface area (Å²) < 4.78 is 7.48. The number of halogens is 1. The maximum atomic E-state index is 12.5. The van der Waals surface area contributed by atoms with Gasteiger partial charge in [0.15, 0.2) is 8.32 Å². The summed E-state index contributed by atoms with van der Waals surface area (Å²) in [4.78, 5) is 14.6. The van der Waals surface area contributed by atoms with E-state index >= 15 is 0 Å². The van der Waals surface area contributed by atoms with E-state index in [0.717, 1.165) is 6.42 Å². The molecule has 0 bridgehead atoms. The largest absolute Gasteiger partial charge is 0.415 e. The molecule has 1 saturated heterocycles. The minimum atomic E-state index is -1.76. The third kappa shape index (κ3) is 3.11. The summed E-state index contributed by atoms with van der Waals surface area (Å²) in [6.45, 7) is 12.6. The van der Waals surface area contributed by atoms with Gasteiger partial charge in [-0.05, 0) is 47.7 Å². The van der Waals surface area contributed by atoms with Gasteiger partial charge in [0.2, 0.25) is 5.91 Å². The maximum absolute atomic E-state index is 12.5. The van der Waals surface area contributed by atoms with Gasteiger partial charge in [0.05, 0.1) is 12.6 Å². The summed E-state index contributed by atoms with van der Waals surface area (Å²) in [7, 11) is -1.76. The Morgan fingerprint density at radius 3 is 2.67 bits per heavy atom. The van der Waals surface area contributed by atoms with Crippen LogP contribution in [0.1, 0.15) is 44.4 Å². The monoisotopic (exact) mass is 409 g/mol. The van der Waals surface area contributed by atoms with Crippen LogP contribution < -0.4 is 0 Å². The van der Waals surface area contributed by atoms with Gasteiger partial charge in [-0.2, -0.15) is 0 Å². The highest BCUT2D eigenvalue weighted by molar-refractivity contribution is 9.10. The van der Waals surface area contributed by atoms with E-state index in [0.29, 0.717) is 25.5 Å². The van der Waals surface area contributed by atoms with E-state index in [-0.39, 0.29) is 17.0 Å². The van der Waals surface area contributed by atoms with Gasteiger partial charge in [-0.1, -0.05) is 48.8 Å². The van der Waals surface area contributed by atoms with Crippen molar-refractivity contribution in [1.82, 2.24) is 4.90 Å². The molecule has 3 nitrogen and oxygen atoms in total. The number of rotatable bonds is 4. The summed E-state index contributed by atoms with van der Waals surface area (Å²) in [6.07, 6.45) is 1.68. The van der Waals surface area contributed by atoms with Gasteiger partial charge in [0, 0.05) is 17.4 Å². The summed E-state index contributed by atoms with van der Waals surface area (Å²) in [6, 6.07) is 6.61. The van der Waals surface area contributed by atoms with Crippen molar-refractivity contribution < 1.29 is 9.22 Å². The predicted octanol–water partition coefficient (Wildman–Crippen LogP) is 4.92. The van der Waals surface area contributed by atoms with E-state index in [4.69, 9.17) is 4.43 Å². The number of benzene rings is 1. The molecule has 1 amide bonds. The molecule has 132 valence electrons. The summed E-state index contributed by atoms with van der Waals surface area (Å²) in [5, 5.41) is 0.204. The molecule has 1 heterocycles. The molecule has 2 atom stereocenters. The highest BCUT2D eigenvalue weighted by Gasteiger charge is 2.46. The van der Waals surface area contributed by atoms with Crippen LogP contribution in [0.4, 0.5) is 0 Å². The number of carbonyl (C=O) groups is 1. The second-order valence-corrected chi connectivity index (χ2v) is 14.3. The van der Waals surface area contributed by atoms with Crippen LogP contribution in [0, 0.1) is 5.92 Å². The Kier molecular flexibility index (Phi) is 4.73. The van der Waals surface area contributed by atoms with Crippen molar-refractivity contribution in [3.63, 3.8) is 0 Å². The van der Waals surface area contributed by atoms with E-state index in [1.807, 2.05) is 0 Å². The molecule has 1 aliphatic heterocycles. The van der Waals surface area contributed by atoms with E-state index in [1.165, 1.54) is 15.6 Å². The first kappa shape index (κ1) is 18.1. The van der Waals surface area contributed by atoms with E-state index in [9.17, 15) is 4.79 Å². The molecular weight excluding hydrogens is 382 g/mol. The van der Waals surface area contributed by atoms with Crippen molar-refractivity contribution in [2.75, 3.05) is 13.2 Å². The molecule has 3 rings (SSSR count). The first-order valence-electron chi connectivity index (χ1n) is 8.82. The van der Waals surface area contributed by atoms with Crippen molar-refractivity contribution in [2.45, 2.75) is 57.8 Å². The van der Waals surface area contributed by atoms with Crippen LogP contribution in [0.5, 0.6) is 0 Å². The lowest BCUT2D eigenvalue weighted by molar-refractivity contribution is -0.129. The zero-order chi connectivity index (χ0) is 17.7. The van der Waals surface area contributed by atoms with E-state index in [1.54, 1.807) is 0 Å². The lowest BCUT2D eigenvalue weighted by Crippen LogP contribution is -2.43. The normalized spacial score (nSPS) is 23.6. The lowest BCUT2D eigenvalue weighted by atomic mass is 10.0. The third-order valence-electron chi connectivity index (χ3n) is 6.08. The number of amides is 1. The number of carbonyl (C=O) groups excluding carboxylic acids is 1. The minimum Gasteiger partial charge on any atom is -0.415 e. The number of likely N-dealkylation sites (tertiary alicyclic amines) is 1. The molecule has 2 unspecified atom stereocenters. The molecule has 0 N–H and O–H groups in total. The van der Waals surface area contributed by atoms with Gasteiger partial charge in [0.1, 0.15) is 0 Å². The fourth-order valence-electron chi connectivity index (χ4n) is 3.68. The molecule has 5 heteroatoms. The van der Waals surface area contributed by atoms with Gasteiger partial charge < -0.3 is 9.33 Å². The molecule has 0 saturated carbocycles. The molecule has 1 fully saturated rings. The van der Waals surface area contributed by atoms with Crippen LogP contribution in [0.25, 0.3) is 0 Å². The van der Waals surface area contributed by atoms with Crippen LogP contribution in [-0.4, -0.2) is 32.3 Å². The van der Waals surface area contributed by atoms with Gasteiger partial charge >= 0.3 is 0 Å². The average Bonchev–Trinajstić information content (AvgIpc) is 2.95. The quantitative estimate of drug-likeness (QED) is 0.660. The van der Waals surface area contributed by atoms with Crippen LogP contribution in [0.15, 0.2) is 22.7 Å². The topological polar surface area (TPSA) is 29.5 Å². The summed E-state index contributed by atoms with van der Waals surface area (Å²) >= 11 is 3.67. The van der Waals surface area contributed by atoms with Gasteiger partial charge in [-0.25, -0.2) is 0 Å². The Bertz CT molecular complexity index is 653. The fraction of sp³-hybridized carbons (Fsp3) is 0.632. The Morgan fingerprint density at radius 1 is 1.29 bits per heavy atom. The third-order valence-corrected chi connectivity index (χ3v) is 11.4. The second-order valence-electron chi connectivity index (χ2n) is 8.62. The van der Waals surface area contributed by atoms with Crippen molar-refractivity contribution in [1.29, 1.82) is 0 Å². The first-order valence-corrected chi connectivity index (χ1v) is 12.5. The van der Waals surface area contributed by atoms with Crippen molar-refractivity contribution in [3.05, 3.63) is 33.8 Å². The number of fused-ring (bicyclic) bond motifs is 3. The standard InChI is InChI=1S/C19H28BrNO2Si/c1-19(2,3)24(4,5)23-10-9-21-17(22)12-13-11-15-14(18(13)21)7-6-8-16(15)20/h6-8,13,18H,9-12H2,1-5H3. The smallest absolute Gasteiger partial charge is 0.223 e. The van der Waals surface area contributed by atoms with E-state index < -0.39 is 8.32 Å². The lowest BCUT2D eigenvalue weighted by Gasteiger charge is -2.37. The molecular formula is C19H28BrNO2Si. The van der Waals surface area contributed by atoms with E-state index in [2.05, 4.69) is 72.9 Å². The average molecular weight is 410 g/mol. The molecule has 1 aromatic carbocycles. The molecule has 1 aromatic rings. The van der Waals surface area contributed by atoms with Crippen LogP contribution in [-0.2, 0) is 15.6 Å². The summed E-state index contributed by atoms with van der Waals surface area (Å²) in [5.74, 6) is 0.716. The number of hydrogen-bond donors (Lipinski definition) is 0. The molecule has 0 aromatic heterocycles. The Morgan fingerprint density at radius 2 is 2.00 bits per heavy atom. The zero-order valence-corrected chi connectivity index (χ0v) is 17.9. The fourth-order valence-corrected chi connectivity index (χ4v) is 5.26. The second kappa shape index (κ2) is 6.26. The number of hydrogen-bond acceptors (Lipinski definition) is 2. The van der Waals surface area contributed by atoms with Crippen molar-refractivity contribution in [2.24, 2.45) is 5.92 Å².